The molecule has 3 aliphatic heterocycles. The van der Waals surface area contributed by atoms with E-state index in [0.29, 0.717) is 45.8 Å². The molecule has 44 heteroatoms. The Morgan fingerprint density at radius 1 is 0.456 bits per heavy atom. The van der Waals surface area contributed by atoms with Crippen LogP contribution < -0.4 is 86.7 Å². The number of nitrogens with one attached hydrogen (secondary N) is 16. The van der Waals surface area contributed by atoms with Crippen molar-refractivity contribution in [3.63, 3.8) is 0 Å². The molecule has 5 heterocycles. The van der Waals surface area contributed by atoms with E-state index in [2.05, 4.69) is 73.8 Å². The lowest BCUT2D eigenvalue weighted by atomic mass is 10.0. The lowest BCUT2D eigenvalue weighted by molar-refractivity contribution is -0.143. The predicted molar refractivity (Wildman–Crippen MR) is 424 cm³/mol. The lowest BCUT2D eigenvalue weighted by Crippen LogP contribution is -2.59. The normalized spacial score (nSPS) is 23.6. The van der Waals surface area contributed by atoms with Gasteiger partial charge in [0.1, 0.15) is 60.4 Å². The summed E-state index contributed by atoms with van der Waals surface area (Å²) in [6.07, 6.45) is 2.27. The van der Waals surface area contributed by atoms with Crippen molar-refractivity contribution in [2.45, 2.75) is 163 Å². The average Bonchev–Trinajstić information content (AvgIpc) is 1.79. The number of unbranched alkanes of at least 4 members (excludes halogenated alkanes) is 2. The van der Waals surface area contributed by atoms with Crippen LogP contribution in [0.1, 0.15) is 101 Å². The predicted octanol–water partition coefficient (Wildman–Crippen LogP) is -3.69. The Kier molecular flexibility index (Phi) is 36.1. The molecule has 2 aromatic heterocycles. The SMILES string of the molecule is N=C(N)NCCCC[C@@H]1NC(=O)CCSSC[C@@H](C(N)=O)NC(=O)[C@@H]2CCCN2C(=O)[C@H](Cc2c[nH]c3ccccc23)NC(=O)[C@H](CC(=O)O)NC(=O)CNC(=O)[C@H](CCCCNC(=N)N)NC(=O)CCSSC[C@@H](C(N)=O)NC(=O)[C@@H]2CCCN2C(=O)[C@H](Cc2c[nH]c3ccccc23)NC(=O)[C@H](CC(=O)O)NC(=O)CNC1=O. The van der Waals surface area contributed by atoms with Gasteiger partial charge >= 0.3 is 11.9 Å². The van der Waals surface area contributed by atoms with E-state index in [0.717, 1.165) is 43.2 Å². The highest BCUT2D eigenvalue weighted by Crippen LogP contribution is 2.28. The van der Waals surface area contributed by atoms with E-state index < -0.39 is 181 Å². The van der Waals surface area contributed by atoms with Crippen LogP contribution in [0, 0.1) is 10.8 Å². The van der Waals surface area contributed by atoms with E-state index in [4.69, 9.17) is 33.8 Å². The number of nitrogens with zero attached hydrogens (tertiary/aromatic N) is 2. The summed E-state index contributed by atoms with van der Waals surface area (Å²) in [4.78, 5) is 229. The third-order valence-electron chi connectivity index (χ3n) is 18.6. The Morgan fingerprint density at radius 2 is 0.833 bits per heavy atom. The zero-order chi connectivity index (χ0) is 83.0. The Hall–Kier alpha value is -11.0. The summed E-state index contributed by atoms with van der Waals surface area (Å²) in [5, 5.41) is 66.8. The quantitative estimate of drug-likeness (QED) is 0.0175. The van der Waals surface area contributed by atoms with Gasteiger partial charge in [0.25, 0.3) is 0 Å². The van der Waals surface area contributed by atoms with Crippen LogP contribution >= 0.6 is 43.2 Å². The second-order valence-electron chi connectivity index (χ2n) is 27.1. The average molecular weight is 1660 g/mol. The molecule has 3 aliphatic rings. The summed E-state index contributed by atoms with van der Waals surface area (Å²) in [7, 11) is 4.29. The van der Waals surface area contributed by atoms with E-state index in [-0.39, 0.29) is 138 Å². The highest BCUT2D eigenvalue weighted by molar-refractivity contribution is 8.77. The number of fused-ring (bicyclic) bond motifs is 4. The number of amides is 14. The van der Waals surface area contributed by atoms with Crippen molar-refractivity contribution in [2.75, 3.05) is 62.3 Å². The van der Waals surface area contributed by atoms with Gasteiger partial charge in [-0.25, -0.2) is 0 Å². The minimum absolute atomic E-state index is 0.00530. The van der Waals surface area contributed by atoms with Crippen molar-refractivity contribution in [3.8, 4) is 0 Å². The molecule has 114 heavy (non-hydrogen) atoms. The maximum absolute atomic E-state index is 14.9. The van der Waals surface area contributed by atoms with Crippen molar-refractivity contribution >= 4 is 172 Å². The van der Waals surface area contributed by atoms with Crippen LogP contribution in [-0.4, -0.2) is 259 Å². The van der Waals surface area contributed by atoms with Crippen LogP contribution in [0.15, 0.2) is 60.9 Å². The molecule has 7 rings (SSSR count). The summed E-state index contributed by atoms with van der Waals surface area (Å²) in [6, 6.07) is -0.442. The van der Waals surface area contributed by atoms with Crippen molar-refractivity contribution in [2.24, 2.45) is 22.9 Å². The number of hydrogen-bond acceptors (Lipinski definition) is 22. The first-order chi connectivity index (χ1) is 54.5. The first kappa shape index (κ1) is 90.2. The van der Waals surface area contributed by atoms with Gasteiger partial charge in [0.15, 0.2) is 11.9 Å². The number of primary amides is 2. The van der Waals surface area contributed by atoms with E-state index in [1.54, 1.807) is 60.9 Å². The molecule has 0 saturated carbocycles. The maximum Gasteiger partial charge on any atom is 0.305 e. The molecule has 620 valence electrons. The number of aliphatic carboxylic acids is 2. The van der Waals surface area contributed by atoms with Crippen molar-refractivity contribution in [1.82, 2.24) is 83.6 Å². The largest absolute Gasteiger partial charge is 0.481 e. The van der Waals surface area contributed by atoms with Gasteiger partial charge in [-0.15, -0.1) is 0 Å². The smallest absolute Gasteiger partial charge is 0.305 e. The Balaban J connectivity index is 1.12. The number of carboxylic acid groups (broad SMARTS) is 2. The number of carbonyl (C=O) groups excluding carboxylic acids is 14. The van der Waals surface area contributed by atoms with Crippen molar-refractivity contribution in [3.05, 3.63) is 72.1 Å². The highest BCUT2D eigenvalue weighted by atomic mass is 33.1. The number of H-pyrrole nitrogens is 2. The summed E-state index contributed by atoms with van der Waals surface area (Å²) < 4.78 is 0. The number of hydrogen-bond donors (Lipinski definition) is 22. The van der Waals surface area contributed by atoms with E-state index in [1.165, 1.54) is 9.80 Å². The molecule has 0 aliphatic carbocycles. The lowest BCUT2D eigenvalue weighted by Gasteiger charge is -2.30. The number of nitrogens with two attached hydrogens (primary N) is 4. The number of carboxylic acids is 2. The fourth-order valence-corrected chi connectivity index (χ4v) is 17.2. The first-order valence-electron chi connectivity index (χ1n) is 36.8. The van der Waals surface area contributed by atoms with Crippen molar-refractivity contribution < 1.29 is 86.9 Å². The number of rotatable bonds is 20. The molecular weight excluding hydrogens is 1570 g/mol. The van der Waals surface area contributed by atoms with Crippen LogP contribution in [0.5, 0.6) is 0 Å². The van der Waals surface area contributed by atoms with Crippen LogP contribution in [0.3, 0.4) is 0 Å². The Labute approximate surface area is 669 Å². The topological polar surface area (TPSA) is 648 Å². The van der Waals surface area contributed by atoms with Gasteiger partial charge in [-0.05, 0) is 87.5 Å². The number of aromatic amines is 2. The van der Waals surface area contributed by atoms with E-state index in [1.807, 2.05) is 0 Å². The standard InChI is InChI=1S/C70H98N22O18S4/c71-59(101)49-35-113-111-25-19-54(94)84-44(16-6-8-22-78-70(75)76)62(104)82-34-56(96)86-46(30-58(99)100)64(106)88-48(28-38-32-80-42-14-4-2-12-40(38)42)68(110)92-24-10-18-52(92)66(108)90-50(60(72)102)36-114-112-26-20-53(93)83-43(15-5-7-21-77-69(73)74)61(103)81-33-55(95)85-45(29-57(97)98)63(105)87-47(27-37-31-79-41-13-3-1-11-39(37)41)67(109)91-23-9-17-51(91)65(107)89-49/h1-4,11-14,31-32,43-52,79-80H,5-10,15-30,33-36H2,(H2,71,101)(H2,72,102)(H,81,103)(H,82,104)(H,83,93)(H,84,94)(H,85,95)(H,86,96)(H,87,105)(H,88,106)(H,89,107)(H,90,108)(H,97,98)(H,99,100)(H4,73,74,77)(H4,75,76,78)/t43-,44-,45-,46-,47-,48-,49-,50-,51-,52-/m0/s1. The van der Waals surface area contributed by atoms with Crippen molar-refractivity contribution in [1.29, 1.82) is 10.8 Å². The van der Waals surface area contributed by atoms with E-state index in [9.17, 15) is 86.9 Å². The van der Waals surface area contributed by atoms with Crippen LogP contribution in [0.2, 0.25) is 0 Å². The van der Waals surface area contributed by atoms with Gasteiger partial charge in [0.2, 0.25) is 82.7 Å². The zero-order valence-electron chi connectivity index (χ0n) is 62.2. The minimum Gasteiger partial charge on any atom is -0.481 e. The molecule has 0 spiro atoms. The van der Waals surface area contributed by atoms with Crippen LogP contribution in [0.25, 0.3) is 21.8 Å². The van der Waals surface area contributed by atoms with Gasteiger partial charge in [-0.1, -0.05) is 79.6 Å². The number of para-hydroxylation sites is 2. The number of benzene rings is 2. The number of guanidine groups is 2. The molecule has 10 atom stereocenters. The second kappa shape index (κ2) is 45.6. The van der Waals surface area contributed by atoms with Gasteiger partial charge in [-0.2, -0.15) is 0 Å². The monoisotopic (exact) mass is 1660 g/mol. The molecule has 2 aromatic carbocycles. The number of carbonyl (C=O) groups is 16. The second-order valence-corrected chi connectivity index (χ2v) is 32.3. The van der Waals surface area contributed by atoms with Gasteiger partial charge < -0.3 is 117 Å². The molecule has 3 fully saturated rings. The summed E-state index contributed by atoms with van der Waals surface area (Å²) in [6.45, 7) is -1.28. The summed E-state index contributed by atoms with van der Waals surface area (Å²) >= 11 is 0. The molecule has 4 aromatic rings. The third-order valence-corrected chi connectivity index (χ3v) is 23.4. The van der Waals surface area contributed by atoms with Crippen LogP contribution in [-0.2, 0) is 89.6 Å². The van der Waals surface area contributed by atoms with Gasteiger partial charge in [0, 0.05) is 109 Å². The Bertz CT molecular complexity index is 3910. The maximum atomic E-state index is 14.9. The third kappa shape index (κ3) is 28.9. The molecule has 0 radical (unpaired) electrons. The Morgan fingerprint density at radius 3 is 1.20 bits per heavy atom. The minimum atomic E-state index is -1.87. The first-order valence-corrected chi connectivity index (χ1v) is 41.8. The van der Waals surface area contributed by atoms with Crippen LogP contribution in [0.4, 0.5) is 0 Å². The molecule has 3 saturated heterocycles. The molecule has 0 unspecified atom stereocenters. The van der Waals surface area contributed by atoms with Gasteiger partial charge in [-0.3, -0.25) is 87.5 Å². The zero-order valence-corrected chi connectivity index (χ0v) is 65.5. The highest BCUT2D eigenvalue weighted by Gasteiger charge is 2.43. The molecule has 0 bridgehead atoms. The fraction of sp³-hybridized carbons (Fsp3) is 0.514. The summed E-state index contributed by atoms with van der Waals surface area (Å²) in [5.41, 5.74) is 24.8. The fourth-order valence-electron chi connectivity index (χ4n) is 12.8. The molecule has 40 nitrogen and oxygen atoms in total. The molecule has 26 N–H and O–H groups in total. The molecule has 14 amide bonds. The van der Waals surface area contributed by atoms with E-state index >= 15 is 0 Å². The molecular formula is C70H98N22O18S4. The van der Waals surface area contributed by atoms with Gasteiger partial charge in [0.05, 0.1) is 25.9 Å². The number of aromatic nitrogens is 2. The summed E-state index contributed by atoms with van der Waals surface area (Å²) in [5.74, 6) is -16.4.